The van der Waals surface area contributed by atoms with Crippen molar-refractivity contribution < 1.29 is 9.53 Å². The summed E-state index contributed by atoms with van der Waals surface area (Å²) in [6.07, 6.45) is 8.01. The number of allylic oxidation sites excluding steroid dienone is 1. The van der Waals surface area contributed by atoms with Gasteiger partial charge in [-0.25, -0.2) is 19.4 Å². The van der Waals surface area contributed by atoms with Crippen molar-refractivity contribution in [3.63, 3.8) is 0 Å². The predicted octanol–water partition coefficient (Wildman–Crippen LogP) is 4.74. The third-order valence-corrected chi connectivity index (χ3v) is 8.18. The molecule has 2 saturated carbocycles. The van der Waals surface area contributed by atoms with E-state index in [1.807, 2.05) is 18.3 Å². The Morgan fingerprint density at radius 2 is 1.89 bits per heavy atom. The molecular weight excluding hydrogens is 466 g/mol. The number of nitrogens with zero attached hydrogens (tertiary/aromatic N) is 7. The lowest BCUT2D eigenvalue weighted by molar-refractivity contribution is 0.148. The van der Waals surface area contributed by atoms with Gasteiger partial charge in [-0.1, -0.05) is 25.1 Å². The summed E-state index contributed by atoms with van der Waals surface area (Å²) in [6.45, 7) is 10.6. The number of fused-ring (bicyclic) bond motifs is 3. The highest BCUT2D eigenvalue weighted by atomic mass is 16.6. The molecule has 1 aromatic carbocycles. The number of likely N-dealkylation sites (N-methyl/N-ethyl adjacent to an activating group) is 1. The summed E-state index contributed by atoms with van der Waals surface area (Å²) in [7, 11) is 2.16. The number of hydrogen-bond acceptors (Lipinski definition) is 7. The first-order valence-corrected chi connectivity index (χ1v) is 13.3. The van der Waals surface area contributed by atoms with E-state index < -0.39 is 6.09 Å². The van der Waals surface area contributed by atoms with Gasteiger partial charge in [0.15, 0.2) is 5.65 Å². The van der Waals surface area contributed by atoms with Gasteiger partial charge in [0.1, 0.15) is 0 Å². The Kier molecular flexibility index (Phi) is 6.42. The van der Waals surface area contributed by atoms with Crippen LogP contribution in [0.15, 0.2) is 49.0 Å². The van der Waals surface area contributed by atoms with Crippen LogP contribution >= 0.6 is 0 Å². The quantitative estimate of drug-likeness (QED) is 0.451. The Balaban J connectivity index is 1.29. The third-order valence-electron chi connectivity index (χ3n) is 8.18. The molecule has 2 aromatic heterocycles. The fourth-order valence-corrected chi connectivity index (χ4v) is 6.20. The van der Waals surface area contributed by atoms with Gasteiger partial charge in [0.25, 0.3) is 0 Å². The highest BCUT2D eigenvalue weighted by Gasteiger charge is 2.41. The van der Waals surface area contributed by atoms with E-state index in [2.05, 4.69) is 45.2 Å². The van der Waals surface area contributed by atoms with Gasteiger partial charge < -0.3 is 9.64 Å². The van der Waals surface area contributed by atoms with Crippen LogP contribution in [0.25, 0.3) is 11.0 Å². The van der Waals surface area contributed by atoms with Crippen LogP contribution < -0.4 is 4.90 Å². The van der Waals surface area contributed by atoms with E-state index in [1.165, 1.54) is 29.7 Å². The van der Waals surface area contributed by atoms with Crippen molar-refractivity contribution in [3.8, 4) is 0 Å². The first-order chi connectivity index (χ1) is 17.9. The SMILES string of the molecule is C=C(C)OC(=O)N(c1ccc(CN2CCN(C)CC2)cc1)c1ncc2cnn([C@H]3C[C@@H]4CC[C@H]3C4)c2n1. The second-order valence-electron chi connectivity index (χ2n) is 10.9. The average Bonchev–Trinajstić information content (AvgIpc) is 3.62. The zero-order chi connectivity index (χ0) is 25.5. The van der Waals surface area contributed by atoms with Crippen LogP contribution in [0.3, 0.4) is 0 Å². The van der Waals surface area contributed by atoms with Crippen LogP contribution in [0.5, 0.6) is 0 Å². The smallest absolute Gasteiger partial charge is 0.415 e. The van der Waals surface area contributed by atoms with Crippen molar-refractivity contribution in [3.05, 3.63) is 54.6 Å². The maximum absolute atomic E-state index is 13.2. The van der Waals surface area contributed by atoms with Gasteiger partial charge in [-0.05, 0) is 62.8 Å². The van der Waals surface area contributed by atoms with Gasteiger partial charge in [0.2, 0.25) is 5.95 Å². The molecule has 2 bridgehead atoms. The third kappa shape index (κ3) is 4.85. The number of benzene rings is 1. The van der Waals surface area contributed by atoms with E-state index >= 15 is 0 Å². The molecule has 0 N–H and O–H groups in total. The predicted molar refractivity (Wildman–Crippen MR) is 142 cm³/mol. The summed E-state index contributed by atoms with van der Waals surface area (Å²) in [5.41, 5.74) is 2.62. The highest BCUT2D eigenvalue weighted by Crippen LogP contribution is 2.51. The standard InChI is InChI=1S/C28H35N7O2/c1-19(2)37-28(36)34(24-8-5-20(6-9-24)18-33-12-10-32(3)11-13-33)27-29-16-23-17-30-35(26(23)31-27)25-15-21-4-7-22(25)14-21/h5-6,8-9,16-17,21-22,25H,1,4,7,10-15,18H2,2-3H3/t21-,22+,25+/m1/s1. The number of piperazine rings is 1. The van der Waals surface area contributed by atoms with Crippen LogP contribution in [-0.2, 0) is 11.3 Å². The summed E-state index contributed by atoms with van der Waals surface area (Å²) in [6, 6.07) is 8.36. The average molecular weight is 502 g/mol. The van der Waals surface area contributed by atoms with Crippen molar-refractivity contribution in [1.29, 1.82) is 0 Å². The summed E-state index contributed by atoms with van der Waals surface area (Å²) in [4.78, 5) is 28.9. The topological polar surface area (TPSA) is 79.6 Å². The zero-order valence-electron chi connectivity index (χ0n) is 21.7. The second kappa shape index (κ2) is 9.87. The fourth-order valence-electron chi connectivity index (χ4n) is 6.20. The van der Waals surface area contributed by atoms with Crippen molar-refractivity contribution in [2.45, 2.75) is 45.2 Å². The molecule has 1 aliphatic heterocycles. The lowest BCUT2D eigenvalue weighted by Gasteiger charge is -2.32. The fraction of sp³-hybridized carbons (Fsp3) is 0.500. The molecule has 0 spiro atoms. The number of hydrogen-bond donors (Lipinski definition) is 0. The molecule has 3 atom stereocenters. The molecule has 3 aliphatic rings. The number of carbonyl (C=O) groups is 1. The number of carbonyl (C=O) groups excluding carboxylic acids is 1. The van der Waals surface area contributed by atoms with Crippen LogP contribution in [0, 0.1) is 11.8 Å². The molecule has 3 fully saturated rings. The molecule has 0 radical (unpaired) electrons. The Hall–Kier alpha value is -3.30. The van der Waals surface area contributed by atoms with Crippen LogP contribution in [-0.4, -0.2) is 68.9 Å². The molecule has 3 aromatic rings. The van der Waals surface area contributed by atoms with Crippen LogP contribution in [0.1, 0.15) is 44.2 Å². The maximum atomic E-state index is 13.2. The summed E-state index contributed by atoms with van der Waals surface area (Å²) in [5.74, 6) is 2.04. The number of ether oxygens (including phenoxy) is 1. The van der Waals surface area contributed by atoms with E-state index in [-0.39, 0.29) is 5.95 Å². The minimum Gasteiger partial charge on any atom is -0.415 e. The lowest BCUT2D eigenvalue weighted by atomic mass is 9.95. The monoisotopic (exact) mass is 501 g/mol. The molecule has 6 rings (SSSR count). The first kappa shape index (κ1) is 24.1. The van der Waals surface area contributed by atoms with Gasteiger partial charge in [0, 0.05) is 38.9 Å². The Morgan fingerprint density at radius 1 is 1.11 bits per heavy atom. The first-order valence-electron chi connectivity index (χ1n) is 13.3. The van der Waals surface area contributed by atoms with Crippen molar-refractivity contribution >= 4 is 28.8 Å². The van der Waals surface area contributed by atoms with Crippen LogP contribution in [0.4, 0.5) is 16.4 Å². The van der Waals surface area contributed by atoms with Gasteiger partial charge in [-0.3, -0.25) is 4.90 Å². The molecule has 1 saturated heterocycles. The molecular formula is C28H35N7O2. The molecule has 3 heterocycles. The Labute approximate surface area is 217 Å². The van der Waals surface area contributed by atoms with Crippen LogP contribution in [0.2, 0.25) is 0 Å². The van der Waals surface area contributed by atoms with Gasteiger partial charge in [0.05, 0.1) is 29.1 Å². The van der Waals surface area contributed by atoms with E-state index in [4.69, 9.17) is 14.8 Å². The lowest BCUT2D eigenvalue weighted by Crippen LogP contribution is -2.43. The molecule has 9 nitrogen and oxygen atoms in total. The molecule has 1 amide bonds. The molecule has 9 heteroatoms. The Bertz CT molecular complexity index is 1300. The maximum Gasteiger partial charge on any atom is 0.426 e. The normalized spacial score (nSPS) is 24.0. The Morgan fingerprint density at radius 3 is 2.57 bits per heavy atom. The van der Waals surface area contributed by atoms with E-state index in [1.54, 1.807) is 13.1 Å². The van der Waals surface area contributed by atoms with Crippen molar-refractivity contribution in [2.24, 2.45) is 11.8 Å². The summed E-state index contributed by atoms with van der Waals surface area (Å²) < 4.78 is 7.49. The molecule has 2 aliphatic carbocycles. The number of rotatable bonds is 6. The molecule has 37 heavy (non-hydrogen) atoms. The van der Waals surface area contributed by atoms with E-state index in [0.717, 1.165) is 56.1 Å². The summed E-state index contributed by atoms with van der Waals surface area (Å²) >= 11 is 0. The second-order valence-corrected chi connectivity index (χ2v) is 10.9. The van der Waals surface area contributed by atoms with E-state index in [0.29, 0.717) is 23.4 Å². The summed E-state index contributed by atoms with van der Waals surface area (Å²) in [5, 5.41) is 5.57. The van der Waals surface area contributed by atoms with Gasteiger partial charge in [-0.2, -0.15) is 10.1 Å². The number of anilines is 2. The minimum atomic E-state index is -0.579. The highest BCUT2D eigenvalue weighted by molar-refractivity contribution is 5.95. The van der Waals surface area contributed by atoms with E-state index in [9.17, 15) is 4.79 Å². The molecule has 194 valence electrons. The van der Waals surface area contributed by atoms with Gasteiger partial charge in [-0.15, -0.1) is 0 Å². The zero-order valence-corrected chi connectivity index (χ0v) is 21.7. The largest absolute Gasteiger partial charge is 0.426 e. The minimum absolute atomic E-state index is 0.274. The van der Waals surface area contributed by atoms with Crippen molar-refractivity contribution in [2.75, 3.05) is 38.1 Å². The van der Waals surface area contributed by atoms with Gasteiger partial charge >= 0.3 is 6.09 Å². The van der Waals surface area contributed by atoms with Crippen molar-refractivity contribution in [1.82, 2.24) is 29.5 Å². The number of aromatic nitrogens is 4. The molecule has 0 unspecified atom stereocenters. The number of amides is 1.